The first kappa shape index (κ1) is 15.4. The standard InChI is InChI=1S/C18H17FN2O2/c1-2-14-12-18(23,13-8-4-3-5-9-13)21(20-14)17(22)15-10-6-7-11-16(15)19/h3-11,23H,2,12H2,1H3/t18-/m1/s1. The van der Waals surface area contributed by atoms with Gasteiger partial charge < -0.3 is 5.11 Å². The summed E-state index contributed by atoms with van der Waals surface area (Å²) in [6.45, 7) is 1.90. The predicted molar refractivity (Wildman–Crippen MR) is 85.3 cm³/mol. The summed E-state index contributed by atoms with van der Waals surface area (Å²) < 4.78 is 13.9. The molecule has 1 aliphatic rings. The van der Waals surface area contributed by atoms with E-state index in [1.165, 1.54) is 18.2 Å². The molecule has 0 saturated heterocycles. The second-order valence-electron chi connectivity index (χ2n) is 5.48. The summed E-state index contributed by atoms with van der Waals surface area (Å²) in [5, 5.41) is 16.4. The maximum Gasteiger partial charge on any atom is 0.279 e. The van der Waals surface area contributed by atoms with Gasteiger partial charge in [-0.05, 0) is 18.6 Å². The molecular weight excluding hydrogens is 295 g/mol. The first-order valence-corrected chi connectivity index (χ1v) is 7.49. The van der Waals surface area contributed by atoms with Gasteiger partial charge in [0.05, 0.1) is 5.56 Å². The number of amides is 1. The fourth-order valence-corrected chi connectivity index (χ4v) is 2.71. The molecule has 2 aromatic rings. The lowest BCUT2D eigenvalue weighted by Gasteiger charge is -2.31. The SMILES string of the molecule is CCC1=NN(C(=O)c2ccccc2F)[C@](O)(c2ccccc2)C1. The van der Waals surface area contributed by atoms with Crippen LogP contribution in [0, 0.1) is 5.82 Å². The van der Waals surface area contributed by atoms with Crippen molar-refractivity contribution in [1.82, 2.24) is 5.01 Å². The summed E-state index contributed by atoms with van der Waals surface area (Å²) in [4.78, 5) is 12.7. The zero-order valence-electron chi connectivity index (χ0n) is 12.7. The summed E-state index contributed by atoms with van der Waals surface area (Å²) in [6.07, 6.45) is 0.823. The Bertz CT molecular complexity index is 761. The second kappa shape index (κ2) is 5.93. The minimum Gasteiger partial charge on any atom is -0.365 e. The maximum atomic E-state index is 13.9. The van der Waals surface area contributed by atoms with E-state index in [4.69, 9.17) is 0 Å². The highest BCUT2D eigenvalue weighted by Gasteiger charge is 2.46. The fourth-order valence-electron chi connectivity index (χ4n) is 2.71. The maximum absolute atomic E-state index is 13.9. The van der Waals surface area contributed by atoms with Crippen molar-refractivity contribution in [3.8, 4) is 0 Å². The van der Waals surface area contributed by atoms with Gasteiger partial charge in [-0.1, -0.05) is 49.4 Å². The Labute approximate surface area is 133 Å². The molecule has 23 heavy (non-hydrogen) atoms. The van der Waals surface area contributed by atoms with E-state index in [9.17, 15) is 14.3 Å². The van der Waals surface area contributed by atoms with Crippen LogP contribution in [0.4, 0.5) is 4.39 Å². The summed E-state index contributed by atoms with van der Waals surface area (Å²) in [6, 6.07) is 14.6. The van der Waals surface area contributed by atoms with Gasteiger partial charge in [0.25, 0.3) is 5.91 Å². The Morgan fingerprint density at radius 2 is 1.87 bits per heavy atom. The van der Waals surface area contributed by atoms with E-state index in [1.54, 1.807) is 30.3 Å². The molecule has 2 aromatic carbocycles. The second-order valence-corrected chi connectivity index (χ2v) is 5.48. The molecule has 0 unspecified atom stereocenters. The van der Waals surface area contributed by atoms with Crippen LogP contribution in [0.3, 0.4) is 0 Å². The Hall–Kier alpha value is -2.53. The van der Waals surface area contributed by atoms with E-state index < -0.39 is 17.4 Å². The number of aliphatic hydroxyl groups is 1. The van der Waals surface area contributed by atoms with Gasteiger partial charge in [-0.15, -0.1) is 0 Å². The molecule has 0 aliphatic carbocycles. The van der Waals surface area contributed by atoms with E-state index in [2.05, 4.69) is 5.10 Å². The van der Waals surface area contributed by atoms with E-state index >= 15 is 0 Å². The molecule has 0 bridgehead atoms. The molecule has 1 atom stereocenters. The van der Waals surface area contributed by atoms with E-state index in [0.717, 1.165) is 5.01 Å². The van der Waals surface area contributed by atoms with Crippen LogP contribution < -0.4 is 0 Å². The highest BCUT2D eigenvalue weighted by molar-refractivity contribution is 5.98. The average molecular weight is 312 g/mol. The van der Waals surface area contributed by atoms with Crippen LogP contribution in [0.1, 0.15) is 35.7 Å². The molecule has 0 spiro atoms. The van der Waals surface area contributed by atoms with Gasteiger partial charge in [-0.2, -0.15) is 10.1 Å². The molecule has 4 nitrogen and oxygen atoms in total. The summed E-state index contributed by atoms with van der Waals surface area (Å²) in [7, 11) is 0. The molecular formula is C18H17FN2O2. The number of hydrogen-bond acceptors (Lipinski definition) is 3. The van der Waals surface area contributed by atoms with Gasteiger partial charge >= 0.3 is 0 Å². The normalized spacial score (nSPS) is 20.5. The molecule has 118 valence electrons. The van der Waals surface area contributed by atoms with Gasteiger partial charge in [-0.3, -0.25) is 4.79 Å². The van der Waals surface area contributed by atoms with Crippen molar-refractivity contribution in [2.24, 2.45) is 5.10 Å². The number of hydrogen-bond donors (Lipinski definition) is 1. The lowest BCUT2D eigenvalue weighted by atomic mass is 9.96. The molecule has 0 aromatic heterocycles. The first-order valence-electron chi connectivity index (χ1n) is 7.49. The highest BCUT2D eigenvalue weighted by atomic mass is 19.1. The molecule has 0 fully saturated rings. The number of carbonyl (C=O) groups excluding carboxylic acids is 1. The fraction of sp³-hybridized carbons (Fsp3) is 0.222. The number of hydrazone groups is 1. The Kier molecular flexibility index (Phi) is 3.96. The Morgan fingerprint density at radius 3 is 2.52 bits per heavy atom. The summed E-state index contributed by atoms with van der Waals surface area (Å²) in [5.41, 5.74) is -0.452. The zero-order chi connectivity index (χ0) is 16.4. The van der Waals surface area contributed by atoms with Crippen LogP contribution in [0.15, 0.2) is 59.7 Å². The van der Waals surface area contributed by atoms with Crippen LogP contribution in [-0.2, 0) is 5.72 Å². The monoisotopic (exact) mass is 312 g/mol. The number of nitrogens with zero attached hydrogens (tertiary/aromatic N) is 2. The van der Waals surface area contributed by atoms with Gasteiger partial charge in [-0.25, -0.2) is 4.39 Å². The number of carbonyl (C=O) groups is 1. The molecule has 3 rings (SSSR count). The van der Waals surface area contributed by atoms with E-state index in [1.807, 2.05) is 13.0 Å². The quantitative estimate of drug-likeness (QED) is 0.945. The molecule has 0 radical (unpaired) electrons. The van der Waals surface area contributed by atoms with E-state index in [-0.39, 0.29) is 12.0 Å². The van der Waals surface area contributed by atoms with Gasteiger partial charge in [0, 0.05) is 17.7 Å². The molecule has 1 heterocycles. The average Bonchev–Trinajstić information content (AvgIpc) is 2.94. The lowest BCUT2D eigenvalue weighted by molar-refractivity contribution is -0.0767. The molecule has 1 amide bonds. The highest BCUT2D eigenvalue weighted by Crippen LogP contribution is 2.37. The molecule has 1 aliphatic heterocycles. The Morgan fingerprint density at radius 1 is 1.22 bits per heavy atom. The van der Waals surface area contributed by atoms with Crippen molar-refractivity contribution in [2.75, 3.05) is 0 Å². The van der Waals surface area contributed by atoms with Crippen LogP contribution in [0.2, 0.25) is 0 Å². The number of rotatable bonds is 3. The topological polar surface area (TPSA) is 52.9 Å². The number of halogens is 1. The van der Waals surface area contributed by atoms with E-state index in [0.29, 0.717) is 17.7 Å². The zero-order valence-corrected chi connectivity index (χ0v) is 12.7. The third-order valence-electron chi connectivity index (χ3n) is 3.98. The van der Waals surface area contributed by atoms with Crippen LogP contribution in [0.25, 0.3) is 0 Å². The van der Waals surface area contributed by atoms with Crippen LogP contribution >= 0.6 is 0 Å². The summed E-state index contributed by atoms with van der Waals surface area (Å²) in [5.74, 6) is -1.29. The third kappa shape index (κ3) is 2.64. The van der Waals surface area contributed by atoms with Gasteiger partial charge in [0.1, 0.15) is 5.82 Å². The van der Waals surface area contributed by atoms with Crippen molar-refractivity contribution >= 4 is 11.6 Å². The van der Waals surface area contributed by atoms with Crippen molar-refractivity contribution in [3.05, 3.63) is 71.5 Å². The van der Waals surface area contributed by atoms with Crippen molar-refractivity contribution in [2.45, 2.75) is 25.5 Å². The minimum atomic E-state index is -1.59. The van der Waals surface area contributed by atoms with Crippen molar-refractivity contribution in [3.63, 3.8) is 0 Å². The molecule has 1 N–H and O–H groups in total. The van der Waals surface area contributed by atoms with Crippen LogP contribution in [0.5, 0.6) is 0 Å². The van der Waals surface area contributed by atoms with Crippen molar-refractivity contribution in [1.29, 1.82) is 0 Å². The Balaban J connectivity index is 2.05. The van der Waals surface area contributed by atoms with Gasteiger partial charge in [0.2, 0.25) is 0 Å². The predicted octanol–water partition coefficient (Wildman–Crippen LogP) is 3.28. The molecule has 5 heteroatoms. The summed E-state index contributed by atoms with van der Waals surface area (Å²) >= 11 is 0. The van der Waals surface area contributed by atoms with Gasteiger partial charge in [0.15, 0.2) is 5.72 Å². The largest absolute Gasteiger partial charge is 0.365 e. The lowest BCUT2D eigenvalue weighted by Crippen LogP contribution is -2.43. The number of benzene rings is 2. The smallest absolute Gasteiger partial charge is 0.279 e. The molecule has 0 saturated carbocycles. The third-order valence-corrected chi connectivity index (χ3v) is 3.98. The van der Waals surface area contributed by atoms with Crippen molar-refractivity contribution < 1.29 is 14.3 Å². The minimum absolute atomic E-state index is 0.108. The first-order chi connectivity index (χ1) is 11.1. The van der Waals surface area contributed by atoms with Crippen LogP contribution in [-0.4, -0.2) is 21.7 Å².